The van der Waals surface area contributed by atoms with Crippen LogP contribution in [0.5, 0.6) is 0 Å². The number of guanidine groups is 1. The molecule has 1 aliphatic heterocycles. The molecule has 5 heteroatoms. The zero-order valence-corrected chi connectivity index (χ0v) is 15.8. The van der Waals surface area contributed by atoms with Crippen molar-refractivity contribution in [2.24, 2.45) is 16.8 Å². The van der Waals surface area contributed by atoms with Gasteiger partial charge in [0.2, 0.25) is 5.91 Å². The quantitative estimate of drug-likeness (QED) is 0.445. The third kappa shape index (κ3) is 5.99. The number of rotatable bonds is 6. The van der Waals surface area contributed by atoms with Gasteiger partial charge in [0.1, 0.15) is 0 Å². The summed E-state index contributed by atoms with van der Waals surface area (Å²) in [7, 11) is 1.82. The van der Waals surface area contributed by atoms with E-state index in [0.717, 1.165) is 37.9 Å². The predicted molar refractivity (Wildman–Crippen MR) is 100 cm³/mol. The van der Waals surface area contributed by atoms with E-state index in [-0.39, 0.29) is 11.8 Å². The van der Waals surface area contributed by atoms with Gasteiger partial charge in [-0.3, -0.25) is 9.79 Å². The maximum atomic E-state index is 12.1. The number of hydrogen-bond donors (Lipinski definition) is 2. The number of likely N-dealkylation sites (tertiary alicyclic amines) is 1. The molecule has 0 aromatic carbocycles. The van der Waals surface area contributed by atoms with Crippen LogP contribution in [-0.4, -0.2) is 49.5 Å². The largest absolute Gasteiger partial charge is 0.356 e. The minimum atomic E-state index is 0.0842. The number of nitrogens with zero attached hydrogens (tertiary/aromatic N) is 2. The molecule has 0 bridgehead atoms. The number of nitrogens with one attached hydrogen (secondary N) is 2. The van der Waals surface area contributed by atoms with E-state index in [1.54, 1.807) is 0 Å². The molecule has 1 heterocycles. The van der Waals surface area contributed by atoms with Crippen molar-refractivity contribution in [3.05, 3.63) is 0 Å². The second-order valence-corrected chi connectivity index (χ2v) is 7.71. The maximum Gasteiger partial charge on any atom is 0.225 e. The zero-order valence-electron chi connectivity index (χ0n) is 15.8. The molecule has 24 heavy (non-hydrogen) atoms. The van der Waals surface area contributed by atoms with Crippen LogP contribution in [0.15, 0.2) is 4.99 Å². The fourth-order valence-electron chi connectivity index (χ4n) is 3.90. The summed E-state index contributed by atoms with van der Waals surface area (Å²) in [6, 6.07) is 0.317. The number of aliphatic imine (C=N–C) groups is 1. The second kappa shape index (κ2) is 9.90. The first kappa shape index (κ1) is 19.1. The van der Waals surface area contributed by atoms with E-state index in [1.807, 2.05) is 25.8 Å². The smallest absolute Gasteiger partial charge is 0.225 e. The molecule has 0 aromatic heterocycles. The molecular formula is C19H36N4O. The third-order valence-electron chi connectivity index (χ3n) is 5.36. The normalized spacial score (nSPS) is 22.9. The monoisotopic (exact) mass is 336 g/mol. The summed E-state index contributed by atoms with van der Waals surface area (Å²) in [5, 5.41) is 6.91. The standard InChI is InChI=1S/C19H36N4O/c1-15(2)18(24)23-13-11-17(14-23)22-19(20-3)21-12-7-10-16-8-5-4-6-9-16/h15-17H,4-14H2,1-3H3,(H2,20,21,22). The molecule has 1 atom stereocenters. The van der Waals surface area contributed by atoms with Gasteiger partial charge in [0.15, 0.2) is 5.96 Å². The number of carbonyl (C=O) groups is 1. The Morgan fingerprint density at radius 1 is 1.21 bits per heavy atom. The molecular weight excluding hydrogens is 300 g/mol. The Morgan fingerprint density at radius 3 is 2.62 bits per heavy atom. The summed E-state index contributed by atoms with van der Waals surface area (Å²) in [5.41, 5.74) is 0. The molecule has 5 nitrogen and oxygen atoms in total. The van der Waals surface area contributed by atoms with Gasteiger partial charge in [-0.1, -0.05) is 46.0 Å². The van der Waals surface area contributed by atoms with Crippen molar-refractivity contribution < 1.29 is 4.79 Å². The van der Waals surface area contributed by atoms with Crippen LogP contribution in [0.4, 0.5) is 0 Å². The van der Waals surface area contributed by atoms with Gasteiger partial charge in [-0.25, -0.2) is 0 Å². The lowest BCUT2D eigenvalue weighted by molar-refractivity contribution is -0.133. The molecule has 1 saturated carbocycles. The van der Waals surface area contributed by atoms with Gasteiger partial charge in [0, 0.05) is 38.6 Å². The van der Waals surface area contributed by atoms with Crippen LogP contribution < -0.4 is 10.6 Å². The summed E-state index contributed by atoms with van der Waals surface area (Å²) >= 11 is 0. The van der Waals surface area contributed by atoms with Gasteiger partial charge in [0.05, 0.1) is 0 Å². The molecule has 0 radical (unpaired) electrons. The number of hydrogen-bond acceptors (Lipinski definition) is 2. The Kier molecular flexibility index (Phi) is 7.86. The van der Waals surface area contributed by atoms with Crippen molar-refractivity contribution in [3.63, 3.8) is 0 Å². The van der Waals surface area contributed by atoms with Crippen LogP contribution in [0.1, 0.15) is 65.2 Å². The first-order valence-corrected chi connectivity index (χ1v) is 9.86. The van der Waals surface area contributed by atoms with Gasteiger partial charge in [-0.2, -0.15) is 0 Å². The highest BCUT2D eigenvalue weighted by molar-refractivity contribution is 5.81. The van der Waals surface area contributed by atoms with E-state index in [0.29, 0.717) is 6.04 Å². The first-order chi connectivity index (χ1) is 11.6. The van der Waals surface area contributed by atoms with Crippen molar-refractivity contribution in [2.75, 3.05) is 26.7 Å². The Bertz CT molecular complexity index is 416. The Balaban J connectivity index is 1.63. The van der Waals surface area contributed by atoms with Crippen molar-refractivity contribution in [1.29, 1.82) is 0 Å². The SMILES string of the molecule is CN=C(NCCCC1CCCCC1)NC1CCN(C(=O)C(C)C)C1. The lowest BCUT2D eigenvalue weighted by atomic mass is 9.86. The molecule has 2 rings (SSSR count). The molecule has 0 spiro atoms. The second-order valence-electron chi connectivity index (χ2n) is 7.71. The van der Waals surface area contributed by atoms with Crippen LogP contribution >= 0.6 is 0 Å². The zero-order chi connectivity index (χ0) is 17.4. The van der Waals surface area contributed by atoms with Gasteiger partial charge in [-0.15, -0.1) is 0 Å². The highest BCUT2D eigenvalue weighted by Gasteiger charge is 2.27. The lowest BCUT2D eigenvalue weighted by Gasteiger charge is -2.22. The van der Waals surface area contributed by atoms with Crippen molar-refractivity contribution in [1.82, 2.24) is 15.5 Å². The van der Waals surface area contributed by atoms with Crippen molar-refractivity contribution in [3.8, 4) is 0 Å². The van der Waals surface area contributed by atoms with Crippen LogP contribution in [0.2, 0.25) is 0 Å². The lowest BCUT2D eigenvalue weighted by Crippen LogP contribution is -2.45. The molecule has 1 aliphatic carbocycles. The number of amides is 1. The van der Waals surface area contributed by atoms with E-state index in [1.165, 1.54) is 44.9 Å². The average molecular weight is 337 g/mol. The molecule has 2 fully saturated rings. The summed E-state index contributed by atoms with van der Waals surface area (Å²) in [4.78, 5) is 18.4. The predicted octanol–water partition coefficient (Wildman–Crippen LogP) is 2.77. The Labute approximate surface area is 147 Å². The summed E-state index contributed by atoms with van der Waals surface area (Å²) in [6.07, 6.45) is 10.7. The fraction of sp³-hybridized carbons (Fsp3) is 0.895. The van der Waals surface area contributed by atoms with Gasteiger partial charge < -0.3 is 15.5 Å². The summed E-state index contributed by atoms with van der Waals surface area (Å²) in [6.45, 7) is 6.57. The molecule has 2 aliphatic rings. The van der Waals surface area contributed by atoms with Crippen LogP contribution in [-0.2, 0) is 4.79 Å². The highest BCUT2D eigenvalue weighted by atomic mass is 16.2. The molecule has 1 amide bonds. The molecule has 1 unspecified atom stereocenters. The average Bonchev–Trinajstić information content (AvgIpc) is 3.06. The number of carbonyl (C=O) groups excluding carboxylic acids is 1. The van der Waals surface area contributed by atoms with Crippen molar-refractivity contribution in [2.45, 2.75) is 71.3 Å². The van der Waals surface area contributed by atoms with Crippen LogP contribution in [0.25, 0.3) is 0 Å². The molecule has 0 aromatic rings. The maximum absolute atomic E-state index is 12.1. The van der Waals surface area contributed by atoms with E-state index in [4.69, 9.17) is 0 Å². The first-order valence-electron chi connectivity index (χ1n) is 9.86. The van der Waals surface area contributed by atoms with Gasteiger partial charge in [-0.05, 0) is 25.2 Å². The fourth-order valence-corrected chi connectivity index (χ4v) is 3.90. The minimum absolute atomic E-state index is 0.0842. The Hall–Kier alpha value is -1.26. The third-order valence-corrected chi connectivity index (χ3v) is 5.36. The van der Waals surface area contributed by atoms with Gasteiger partial charge in [0.25, 0.3) is 0 Å². The highest BCUT2D eigenvalue weighted by Crippen LogP contribution is 2.26. The molecule has 138 valence electrons. The van der Waals surface area contributed by atoms with Gasteiger partial charge >= 0.3 is 0 Å². The summed E-state index contributed by atoms with van der Waals surface area (Å²) in [5.74, 6) is 2.17. The molecule has 2 N–H and O–H groups in total. The topological polar surface area (TPSA) is 56.7 Å². The summed E-state index contributed by atoms with van der Waals surface area (Å²) < 4.78 is 0. The van der Waals surface area contributed by atoms with Crippen molar-refractivity contribution >= 4 is 11.9 Å². The van der Waals surface area contributed by atoms with Crippen LogP contribution in [0, 0.1) is 11.8 Å². The Morgan fingerprint density at radius 2 is 1.96 bits per heavy atom. The van der Waals surface area contributed by atoms with E-state index in [9.17, 15) is 4.79 Å². The molecule has 1 saturated heterocycles. The van der Waals surface area contributed by atoms with E-state index in [2.05, 4.69) is 15.6 Å². The van der Waals surface area contributed by atoms with Crippen LogP contribution in [0.3, 0.4) is 0 Å². The van der Waals surface area contributed by atoms with E-state index < -0.39 is 0 Å². The van der Waals surface area contributed by atoms with E-state index >= 15 is 0 Å². The minimum Gasteiger partial charge on any atom is -0.356 e.